The number of hydrogen-bond donors (Lipinski definition) is 2. The Hall–Kier alpha value is -1.53. The number of halogens is 2. The first kappa shape index (κ1) is 13.5. The Labute approximate surface area is 135 Å². The van der Waals surface area contributed by atoms with Crippen LogP contribution in [0.3, 0.4) is 0 Å². The van der Waals surface area contributed by atoms with Crippen LogP contribution in [0, 0.1) is 3.57 Å². The summed E-state index contributed by atoms with van der Waals surface area (Å²) >= 11 is 8.49. The van der Waals surface area contributed by atoms with Gasteiger partial charge in [-0.15, -0.1) is 0 Å². The summed E-state index contributed by atoms with van der Waals surface area (Å²) in [4.78, 5) is 4.32. The highest BCUT2D eigenvalue weighted by Crippen LogP contribution is 2.31. The molecule has 0 aliphatic carbocycles. The van der Waals surface area contributed by atoms with Crippen LogP contribution in [-0.4, -0.2) is 4.98 Å². The molecule has 0 saturated carbocycles. The minimum Gasteiger partial charge on any atom is -0.397 e. The average molecular weight is 396 g/mol. The zero-order valence-corrected chi connectivity index (χ0v) is 13.3. The highest BCUT2D eigenvalue weighted by atomic mass is 127. The van der Waals surface area contributed by atoms with Gasteiger partial charge >= 0.3 is 0 Å². The summed E-state index contributed by atoms with van der Waals surface area (Å²) < 4.78 is 1.10. The smallest absolute Gasteiger partial charge is 0.0951 e. The zero-order valence-electron chi connectivity index (χ0n) is 10.4. The molecular formula is C15H11ClIN3. The summed E-state index contributed by atoms with van der Waals surface area (Å²) in [5, 5.41) is 5.00. The van der Waals surface area contributed by atoms with Crippen LogP contribution in [0.25, 0.3) is 10.9 Å². The summed E-state index contributed by atoms with van der Waals surface area (Å²) in [7, 11) is 0. The first-order chi connectivity index (χ1) is 9.65. The largest absolute Gasteiger partial charge is 0.397 e. The Kier molecular flexibility index (Phi) is 3.67. The lowest BCUT2D eigenvalue weighted by Crippen LogP contribution is -1.95. The second-order valence-electron chi connectivity index (χ2n) is 4.35. The van der Waals surface area contributed by atoms with Gasteiger partial charge in [-0.1, -0.05) is 23.7 Å². The summed E-state index contributed by atoms with van der Waals surface area (Å²) in [6, 6.07) is 13.5. The van der Waals surface area contributed by atoms with Crippen molar-refractivity contribution in [3.63, 3.8) is 0 Å². The number of para-hydroxylation sites is 1. The molecule has 100 valence electrons. The molecule has 0 saturated heterocycles. The number of nitrogens with two attached hydrogens (primary N) is 1. The molecule has 3 aromatic rings. The van der Waals surface area contributed by atoms with E-state index in [1.807, 2.05) is 42.5 Å². The number of fused-ring (bicyclic) bond motifs is 1. The molecular weight excluding hydrogens is 385 g/mol. The van der Waals surface area contributed by atoms with E-state index in [0.29, 0.717) is 10.7 Å². The van der Waals surface area contributed by atoms with E-state index in [-0.39, 0.29) is 0 Å². The third kappa shape index (κ3) is 2.53. The number of hydrogen-bond acceptors (Lipinski definition) is 3. The van der Waals surface area contributed by atoms with Gasteiger partial charge < -0.3 is 11.1 Å². The van der Waals surface area contributed by atoms with E-state index >= 15 is 0 Å². The molecule has 0 bridgehead atoms. The molecule has 0 aliphatic rings. The van der Waals surface area contributed by atoms with Gasteiger partial charge in [-0.3, -0.25) is 4.98 Å². The predicted octanol–water partition coefficient (Wildman–Crippen LogP) is 4.82. The minimum atomic E-state index is 0.667. The predicted molar refractivity (Wildman–Crippen MR) is 93.6 cm³/mol. The maximum absolute atomic E-state index is 6.25. The van der Waals surface area contributed by atoms with Crippen molar-refractivity contribution in [1.29, 1.82) is 0 Å². The maximum Gasteiger partial charge on any atom is 0.0951 e. The topological polar surface area (TPSA) is 50.9 Å². The first-order valence-corrected chi connectivity index (χ1v) is 7.46. The van der Waals surface area contributed by atoms with Crippen molar-refractivity contribution in [2.24, 2.45) is 0 Å². The molecule has 20 heavy (non-hydrogen) atoms. The normalized spacial score (nSPS) is 10.7. The minimum absolute atomic E-state index is 0.667. The van der Waals surface area contributed by atoms with Gasteiger partial charge in [0.15, 0.2) is 0 Å². The molecule has 0 aliphatic heterocycles. The second kappa shape index (κ2) is 5.46. The van der Waals surface area contributed by atoms with Gasteiger partial charge in [-0.2, -0.15) is 0 Å². The van der Waals surface area contributed by atoms with E-state index in [9.17, 15) is 0 Å². The highest BCUT2D eigenvalue weighted by molar-refractivity contribution is 14.1. The SMILES string of the molecule is Nc1cccc2c(Nc3ccc(I)cc3Cl)ccnc12. The highest BCUT2D eigenvalue weighted by Gasteiger charge is 2.06. The van der Waals surface area contributed by atoms with Gasteiger partial charge in [0, 0.05) is 20.8 Å². The van der Waals surface area contributed by atoms with Gasteiger partial charge in [0.05, 0.1) is 21.9 Å². The molecule has 3 nitrogen and oxygen atoms in total. The van der Waals surface area contributed by atoms with Crippen LogP contribution in [-0.2, 0) is 0 Å². The number of anilines is 3. The number of rotatable bonds is 2. The van der Waals surface area contributed by atoms with Crippen molar-refractivity contribution in [3.05, 3.63) is 57.3 Å². The molecule has 0 unspecified atom stereocenters. The Morgan fingerprint density at radius 2 is 1.95 bits per heavy atom. The third-order valence-electron chi connectivity index (χ3n) is 3.00. The van der Waals surface area contributed by atoms with Crippen LogP contribution in [0.2, 0.25) is 5.02 Å². The third-order valence-corrected chi connectivity index (χ3v) is 3.99. The molecule has 0 atom stereocenters. The molecule has 1 aromatic heterocycles. The lowest BCUT2D eigenvalue weighted by Gasteiger charge is -2.11. The fourth-order valence-corrected chi connectivity index (χ4v) is 2.95. The molecule has 0 spiro atoms. The fraction of sp³-hybridized carbons (Fsp3) is 0. The number of nitrogens with one attached hydrogen (secondary N) is 1. The fourth-order valence-electron chi connectivity index (χ4n) is 2.04. The number of aromatic nitrogens is 1. The summed E-state index contributed by atoms with van der Waals surface area (Å²) in [6.45, 7) is 0. The van der Waals surface area contributed by atoms with E-state index in [0.717, 1.165) is 25.8 Å². The molecule has 5 heteroatoms. The lowest BCUT2D eigenvalue weighted by atomic mass is 10.1. The molecule has 2 aromatic carbocycles. The van der Waals surface area contributed by atoms with E-state index in [4.69, 9.17) is 17.3 Å². The van der Waals surface area contributed by atoms with Gasteiger partial charge in [-0.25, -0.2) is 0 Å². The van der Waals surface area contributed by atoms with E-state index in [1.165, 1.54) is 0 Å². The van der Waals surface area contributed by atoms with Crippen LogP contribution >= 0.6 is 34.2 Å². The Bertz CT molecular complexity index is 789. The number of benzene rings is 2. The Balaban J connectivity index is 2.09. The van der Waals surface area contributed by atoms with Gasteiger partial charge in [0.2, 0.25) is 0 Å². The second-order valence-corrected chi connectivity index (χ2v) is 6.00. The van der Waals surface area contributed by atoms with Crippen molar-refractivity contribution < 1.29 is 0 Å². The van der Waals surface area contributed by atoms with Crippen LogP contribution in [0.1, 0.15) is 0 Å². The van der Waals surface area contributed by atoms with Crippen molar-refractivity contribution in [2.75, 3.05) is 11.1 Å². The van der Waals surface area contributed by atoms with Crippen molar-refractivity contribution >= 4 is 62.2 Å². The Morgan fingerprint density at radius 3 is 2.75 bits per heavy atom. The summed E-state index contributed by atoms with van der Waals surface area (Å²) in [5.41, 5.74) is 9.21. The number of pyridine rings is 1. The van der Waals surface area contributed by atoms with Crippen LogP contribution in [0.5, 0.6) is 0 Å². The lowest BCUT2D eigenvalue weighted by molar-refractivity contribution is 1.40. The molecule has 3 N–H and O–H groups in total. The number of nitrogen functional groups attached to an aromatic ring is 1. The first-order valence-electron chi connectivity index (χ1n) is 6.00. The molecule has 3 rings (SSSR count). The molecule has 0 fully saturated rings. The van der Waals surface area contributed by atoms with E-state index in [1.54, 1.807) is 6.20 Å². The van der Waals surface area contributed by atoms with Crippen molar-refractivity contribution in [3.8, 4) is 0 Å². The van der Waals surface area contributed by atoms with Crippen LogP contribution < -0.4 is 11.1 Å². The van der Waals surface area contributed by atoms with Gasteiger partial charge in [0.1, 0.15) is 0 Å². The van der Waals surface area contributed by atoms with E-state index < -0.39 is 0 Å². The van der Waals surface area contributed by atoms with Crippen molar-refractivity contribution in [1.82, 2.24) is 4.98 Å². The molecule has 1 heterocycles. The standard InChI is InChI=1S/C15H11ClIN3/c16-11-8-9(17)4-5-14(11)20-13-6-7-19-15-10(13)2-1-3-12(15)18/h1-8H,18H2,(H,19,20). The Morgan fingerprint density at radius 1 is 1.10 bits per heavy atom. The van der Waals surface area contributed by atoms with Crippen LogP contribution in [0.4, 0.5) is 17.1 Å². The molecule has 0 amide bonds. The van der Waals surface area contributed by atoms with Crippen molar-refractivity contribution in [2.45, 2.75) is 0 Å². The maximum atomic E-state index is 6.25. The summed E-state index contributed by atoms with van der Waals surface area (Å²) in [5.74, 6) is 0. The van der Waals surface area contributed by atoms with Gasteiger partial charge in [0.25, 0.3) is 0 Å². The zero-order chi connectivity index (χ0) is 14.1. The number of nitrogens with zero attached hydrogens (tertiary/aromatic N) is 1. The molecule has 0 radical (unpaired) electrons. The summed E-state index contributed by atoms with van der Waals surface area (Å²) in [6.07, 6.45) is 1.74. The quantitative estimate of drug-likeness (QED) is 0.483. The van der Waals surface area contributed by atoms with Gasteiger partial charge in [-0.05, 0) is 52.9 Å². The van der Waals surface area contributed by atoms with Crippen LogP contribution in [0.15, 0.2) is 48.7 Å². The monoisotopic (exact) mass is 395 g/mol. The average Bonchev–Trinajstić information content (AvgIpc) is 2.43. The van der Waals surface area contributed by atoms with E-state index in [2.05, 4.69) is 32.9 Å².